The van der Waals surface area contributed by atoms with Crippen molar-refractivity contribution in [2.45, 2.75) is 31.2 Å². The lowest BCUT2D eigenvalue weighted by atomic mass is 10.1. The second-order valence-corrected chi connectivity index (χ2v) is 6.43. The molecule has 0 saturated carbocycles. The number of halogens is 9. The van der Waals surface area contributed by atoms with Crippen molar-refractivity contribution in [3.63, 3.8) is 0 Å². The first-order chi connectivity index (χ1) is 15.1. The van der Waals surface area contributed by atoms with E-state index in [1.807, 2.05) is 0 Å². The fourth-order valence-corrected chi connectivity index (χ4v) is 2.46. The summed E-state index contributed by atoms with van der Waals surface area (Å²) >= 11 is 0. The van der Waals surface area contributed by atoms with Gasteiger partial charge in [0.25, 0.3) is 5.91 Å². The van der Waals surface area contributed by atoms with Crippen LogP contribution in [0.4, 0.5) is 50.9 Å². The standard InChI is InChI=1S/C19H13F9N2O3/c20-11-6-7-12(29-16(32)10-4-2-1-3-5-10)14(21)15(11)30-13(31)8-9-17(22,18(23,24)25)33-19(26,27)28/h1-7H,8-9H2,(H,29,32)(H,30,31). The van der Waals surface area contributed by atoms with Gasteiger partial charge in [0.05, 0.1) is 5.69 Å². The first-order valence-corrected chi connectivity index (χ1v) is 8.80. The Balaban J connectivity index is 2.15. The summed E-state index contributed by atoms with van der Waals surface area (Å²) in [7, 11) is 0. The fraction of sp³-hybridized carbons (Fsp3) is 0.263. The van der Waals surface area contributed by atoms with Crippen LogP contribution in [0.25, 0.3) is 0 Å². The van der Waals surface area contributed by atoms with Crippen LogP contribution in [0.1, 0.15) is 23.2 Å². The first kappa shape index (κ1) is 26.0. The molecule has 0 bridgehead atoms. The number of hydrogen-bond acceptors (Lipinski definition) is 3. The minimum absolute atomic E-state index is 0.0860. The van der Waals surface area contributed by atoms with Gasteiger partial charge in [-0.25, -0.2) is 17.9 Å². The highest BCUT2D eigenvalue weighted by Gasteiger charge is 2.62. The molecule has 180 valence electrons. The highest BCUT2D eigenvalue weighted by molar-refractivity contribution is 6.04. The molecule has 1 unspecified atom stereocenters. The molecule has 0 saturated heterocycles. The van der Waals surface area contributed by atoms with E-state index in [0.717, 1.165) is 6.07 Å². The number of nitrogens with one attached hydrogen (secondary N) is 2. The molecule has 14 heteroatoms. The molecule has 0 aliphatic carbocycles. The molecule has 2 aromatic rings. The number of carbonyl (C=O) groups is 2. The van der Waals surface area contributed by atoms with Crippen LogP contribution in [-0.4, -0.2) is 30.2 Å². The van der Waals surface area contributed by atoms with Gasteiger partial charge in [0, 0.05) is 18.4 Å². The second kappa shape index (κ2) is 9.68. The van der Waals surface area contributed by atoms with Gasteiger partial charge < -0.3 is 10.6 Å². The molecule has 2 aromatic carbocycles. The molecule has 2 N–H and O–H groups in total. The van der Waals surface area contributed by atoms with Gasteiger partial charge in [0.15, 0.2) is 5.82 Å². The Kier molecular flexibility index (Phi) is 7.62. The van der Waals surface area contributed by atoms with Crippen LogP contribution in [-0.2, 0) is 9.53 Å². The molecule has 5 nitrogen and oxygen atoms in total. The number of benzene rings is 2. The molecule has 0 fully saturated rings. The predicted octanol–water partition coefficient (Wildman–Crippen LogP) is 5.70. The summed E-state index contributed by atoms with van der Waals surface area (Å²) in [5, 5.41) is 3.59. The number of rotatable bonds is 7. The third-order valence-corrected chi connectivity index (χ3v) is 4.01. The number of carbonyl (C=O) groups excluding carboxylic acids is 2. The van der Waals surface area contributed by atoms with Crippen molar-refractivity contribution in [3.8, 4) is 0 Å². The largest absolute Gasteiger partial charge is 0.525 e. The normalized spacial score (nSPS) is 13.8. The SMILES string of the molecule is O=C(CCC(F)(OC(F)(F)F)C(F)(F)F)Nc1c(F)ccc(NC(=O)c2ccccc2)c1F. The van der Waals surface area contributed by atoms with E-state index in [0.29, 0.717) is 6.07 Å². The summed E-state index contributed by atoms with van der Waals surface area (Å²) < 4.78 is 119. The van der Waals surface area contributed by atoms with Crippen molar-refractivity contribution in [1.29, 1.82) is 0 Å². The van der Waals surface area contributed by atoms with Crippen LogP contribution in [0.3, 0.4) is 0 Å². The van der Waals surface area contributed by atoms with Crippen LogP contribution in [0, 0.1) is 11.6 Å². The van der Waals surface area contributed by atoms with E-state index in [1.54, 1.807) is 6.07 Å². The molecule has 0 aliphatic rings. The van der Waals surface area contributed by atoms with Gasteiger partial charge in [-0.05, 0) is 24.3 Å². The van der Waals surface area contributed by atoms with E-state index in [-0.39, 0.29) is 5.56 Å². The van der Waals surface area contributed by atoms with Crippen molar-refractivity contribution in [2.24, 2.45) is 0 Å². The fourth-order valence-electron chi connectivity index (χ4n) is 2.46. The lowest BCUT2D eigenvalue weighted by Crippen LogP contribution is -2.47. The van der Waals surface area contributed by atoms with E-state index >= 15 is 0 Å². The number of ether oxygens (including phenoxy) is 1. The van der Waals surface area contributed by atoms with Gasteiger partial charge >= 0.3 is 18.4 Å². The highest BCUT2D eigenvalue weighted by atomic mass is 19.4. The average molecular weight is 488 g/mol. The van der Waals surface area contributed by atoms with Crippen molar-refractivity contribution >= 4 is 23.2 Å². The van der Waals surface area contributed by atoms with E-state index in [4.69, 9.17) is 0 Å². The molecule has 0 radical (unpaired) electrons. The van der Waals surface area contributed by atoms with Gasteiger partial charge in [0.1, 0.15) is 11.5 Å². The minimum Gasteiger partial charge on any atom is -0.321 e. The first-order valence-electron chi connectivity index (χ1n) is 8.80. The molecule has 2 rings (SSSR count). The lowest BCUT2D eigenvalue weighted by molar-refractivity contribution is -0.448. The smallest absolute Gasteiger partial charge is 0.321 e. The zero-order valence-corrected chi connectivity index (χ0v) is 16.1. The molecular weight excluding hydrogens is 475 g/mol. The maximum Gasteiger partial charge on any atom is 0.525 e. The number of alkyl halides is 7. The molecule has 2 amide bonds. The Hall–Kier alpha value is -3.29. The van der Waals surface area contributed by atoms with Crippen LogP contribution >= 0.6 is 0 Å². The van der Waals surface area contributed by atoms with Crippen LogP contribution in [0.15, 0.2) is 42.5 Å². The Labute approximate surface area is 179 Å². The lowest BCUT2D eigenvalue weighted by Gasteiger charge is -2.28. The summed E-state index contributed by atoms with van der Waals surface area (Å²) in [6, 6.07) is 8.70. The van der Waals surface area contributed by atoms with E-state index in [1.165, 1.54) is 29.6 Å². The summed E-state index contributed by atoms with van der Waals surface area (Å²) in [5.74, 6) is -10.7. The summed E-state index contributed by atoms with van der Waals surface area (Å²) in [5.41, 5.74) is -1.77. The quantitative estimate of drug-likeness (QED) is 0.492. The van der Waals surface area contributed by atoms with Gasteiger partial charge in [-0.3, -0.25) is 9.59 Å². The number of hydrogen-bond donors (Lipinski definition) is 2. The van der Waals surface area contributed by atoms with E-state index in [9.17, 15) is 49.1 Å². The molecule has 0 spiro atoms. The van der Waals surface area contributed by atoms with Gasteiger partial charge in [0.2, 0.25) is 5.91 Å². The zero-order valence-electron chi connectivity index (χ0n) is 16.1. The summed E-state index contributed by atoms with van der Waals surface area (Å²) in [6.45, 7) is 0. The van der Waals surface area contributed by atoms with Crippen LogP contribution in [0.5, 0.6) is 0 Å². The topological polar surface area (TPSA) is 67.4 Å². The van der Waals surface area contributed by atoms with Crippen molar-refractivity contribution in [1.82, 2.24) is 0 Å². The van der Waals surface area contributed by atoms with Crippen LogP contribution in [0.2, 0.25) is 0 Å². The maximum atomic E-state index is 14.6. The van der Waals surface area contributed by atoms with E-state index in [2.05, 4.69) is 10.1 Å². The Morgan fingerprint density at radius 3 is 2.00 bits per heavy atom. The molecule has 0 aromatic heterocycles. The van der Waals surface area contributed by atoms with Gasteiger partial charge in [-0.2, -0.15) is 13.2 Å². The predicted molar refractivity (Wildman–Crippen MR) is 95.7 cm³/mol. The minimum atomic E-state index is -6.17. The molecule has 0 aliphatic heterocycles. The van der Waals surface area contributed by atoms with Crippen molar-refractivity contribution < 1.29 is 53.8 Å². The Bertz CT molecular complexity index is 1010. The van der Waals surface area contributed by atoms with Crippen LogP contribution < -0.4 is 10.6 Å². The molecule has 1 atom stereocenters. The van der Waals surface area contributed by atoms with Gasteiger partial charge in [-0.1, -0.05) is 18.2 Å². The van der Waals surface area contributed by atoms with Gasteiger partial charge in [-0.15, -0.1) is 13.2 Å². The third-order valence-electron chi connectivity index (χ3n) is 4.01. The zero-order chi connectivity index (χ0) is 25.0. The molecule has 33 heavy (non-hydrogen) atoms. The second-order valence-electron chi connectivity index (χ2n) is 6.43. The Morgan fingerprint density at radius 2 is 1.45 bits per heavy atom. The average Bonchev–Trinajstić information content (AvgIpc) is 2.70. The monoisotopic (exact) mass is 488 g/mol. The third kappa shape index (κ3) is 6.84. The summed E-state index contributed by atoms with van der Waals surface area (Å²) in [4.78, 5) is 23.9. The van der Waals surface area contributed by atoms with E-state index < -0.39 is 66.1 Å². The Morgan fingerprint density at radius 1 is 0.848 bits per heavy atom. The summed E-state index contributed by atoms with van der Waals surface area (Å²) in [6.07, 6.45) is -15.9. The number of amides is 2. The van der Waals surface area contributed by atoms with Crippen molar-refractivity contribution in [2.75, 3.05) is 10.6 Å². The van der Waals surface area contributed by atoms with Crippen molar-refractivity contribution in [3.05, 3.63) is 59.7 Å². The number of anilines is 2. The maximum absolute atomic E-state index is 14.6. The molecule has 0 heterocycles. The molecular formula is C19H13F9N2O3. The highest BCUT2D eigenvalue weighted by Crippen LogP contribution is 2.42.